The van der Waals surface area contributed by atoms with Gasteiger partial charge in [0.05, 0.1) is 6.61 Å². The van der Waals surface area contributed by atoms with Gasteiger partial charge in [0, 0.05) is 41.6 Å². The van der Waals surface area contributed by atoms with Crippen molar-refractivity contribution in [3.63, 3.8) is 0 Å². The standard InChI is InChI=1S/C31H41N3O2/c1-23-20-27(33-19-17-31(22-33)16-5-18-34(31)26-6-3-2-4-7-26)12-15-29(23)32-30(35)25-10-13-28(14-11-25)36-21-24-8-9-24/h10-15,20,24,26H,2-9,16-19,21-22H2,1H3,(H,32,35). The fourth-order valence-corrected chi connectivity index (χ4v) is 6.82. The molecule has 2 aliphatic carbocycles. The van der Waals surface area contributed by atoms with Crippen molar-refractivity contribution in [3.05, 3.63) is 53.6 Å². The van der Waals surface area contributed by atoms with Crippen molar-refractivity contribution in [2.45, 2.75) is 82.7 Å². The highest BCUT2D eigenvalue weighted by Gasteiger charge is 2.48. The van der Waals surface area contributed by atoms with Crippen LogP contribution in [0.1, 0.15) is 80.1 Å². The lowest BCUT2D eigenvalue weighted by molar-refractivity contribution is 0.0788. The van der Waals surface area contributed by atoms with Gasteiger partial charge in [0.2, 0.25) is 0 Å². The molecule has 2 aliphatic heterocycles. The minimum Gasteiger partial charge on any atom is -0.493 e. The van der Waals surface area contributed by atoms with E-state index in [4.69, 9.17) is 4.74 Å². The maximum absolute atomic E-state index is 12.9. The fraction of sp³-hybridized carbons (Fsp3) is 0.581. The summed E-state index contributed by atoms with van der Waals surface area (Å²) in [5, 5.41) is 3.12. The molecule has 5 heteroatoms. The van der Waals surface area contributed by atoms with Crippen LogP contribution in [0.5, 0.6) is 5.75 Å². The molecule has 192 valence electrons. The maximum Gasteiger partial charge on any atom is 0.255 e. The quantitative estimate of drug-likeness (QED) is 0.490. The third-order valence-corrected chi connectivity index (χ3v) is 9.12. The summed E-state index contributed by atoms with van der Waals surface area (Å²) >= 11 is 0. The lowest BCUT2D eigenvalue weighted by atomic mass is 9.88. The van der Waals surface area contributed by atoms with Crippen LogP contribution in [0.4, 0.5) is 11.4 Å². The molecular weight excluding hydrogens is 446 g/mol. The molecule has 1 N–H and O–H groups in total. The van der Waals surface area contributed by atoms with Crippen LogP contribution in [0.2, 0.25) is 0 Å². The van der Waals surface area contributed by atoms with Gasteiger partial charge < -0.3 is 15.0 Å². The van der Waals surface area contributed by atoms with Crippen LogP contribution in [-0.4, -0.2) is 48.6 Å². The number of amides is 1. The molecule has 6 rings (SSSR count). The van der Waals surface area contributed by atoms with E-state index in [-0.39, 0.29) is 5.91 Å². The molecule has 4 fully saturated rings. The minimum atomic E-state index is -0.0752. The van der Waals surface area contributed by atoms with Crippen LogP contribution in [0.3, 0.4) is 0 Å². The van der Waals surface area contributed by atoms with Gasteiger partial charge in [-0.3, -0.25) is 9.69 Å². The predicted octanol–water partition coefficient (Wildman–Crippen LogP) is 6.41. The van der Waals surface area contributed by atoms with Gasteiger partial charge in [0.1, 0.15) is 5.75 Å². The number of likely N-dealkylation sites (tertiary alicyclic amines) is 1. The second-order valence-electron chi connectivity index (χ2n) is 11.7. The van der Waals surface area contributed by atoms with Crippen molar-refractivity contribution in [2.24, 2.45) is 5.92 Å². The molecule has 4 aliphatic rings. The van der Waals surface area contributed by atoms with Crippen molar-refractivity contribution in [2.75, 3.05) is 36.5 Å². The first-order valence-electron chi connectivity index (χ1n) is 14.3. The smallest absolute Gasteiger partial charge is 0.255 e. The molecule has 2 heterocycles. The summed E-state index contributed by atoms with van der Waals surface area (Å²) in [5.74, 6) is 1.49. The Morgan fingerprint density at radius 2 is 1.78 bits per heavy atom. The minimum absolute atomic E-state index is 0.0752. The normalized spacial score (nSPS) is 25.0. The molecule has 2 aromatic carbocycles. The number of hydrogen-bond acceptors (Lipinski definition) is 4. The first-order valence-corrected chi connectivity index (χ1v) is 14.3. The lowest BCUT2D eigenvalue weighted by Gasteiger charge is -2.42. The first kappa shape index (κ1) is 23.8. The Labute approximate surface area is 216 Å². The highest BCUT2D eigenvalue weighted by Crippen LogP contribution is 2.43. The number of carbonyl (C=O) groups is 1. The Kier molecular flexibility index (Phi) is 6.68. The van der Waals surface area contributed by atoms with Crippen LogP contribution in [0.25, 0.3) is 0 Å². The van der Waals surface area contributed by atoms with Gasteiger partial charge in [0.15, 0.2) is 0 Å². The maximum atomic E-state index is 12.9. The number of aryl methyl sites for hydroxylation is 1. The number of hydrogen-bond donors (Lipinski definition) is 1. The van der Waals surface area contributed by atoms with E-state index in [0.717, 1.165) is 48.7 Å². The van der Waals surface area contributed by atoms with Gasteiger partial charge >= 0.3 is 0 Å². The zero-order valence-corrected chi connectivity index (χ0v) is 21.8. The van der Waals surface area contributed by atoms with Crippen molar-refractivity contribution in [1.29, 1.82) is 0 Å². The van der Waals surface area contributed by atoms with Crippen LogP contribution in [0, 0.1) is 12.8 Å². The van der Waals surface area contributed by atoms with Crippen molar-refractivity contribution >= 4 is 17.3 Å². The van der Waals surface area contributed by atoms with Gasteiger partial charge in [-0.05, 0) is 112 Å². The Morgan fingerprint density at radius 3 is 2.53 bits per heavy atom. The van der Waals surface area contributed by atoms with Gasteiger partial charge in [-0.25, -0.2) is 0 Å². The van der Waals surface area contributed by atoms with Gasteiger partial charge in [0.25, 0.3) is 5.91 Å². The van der Waals surface area contributed by atoms with E-state index in [1.165, 1.54) is 76.4 Å². The number of nitrogens with one attached hydrogen (secondary N) is 1. The average molecular weight is 488 g/mol. The molecule has 1 spiro atoms. The van der Waals surface area contributed by atoms with Crippen LogP contribution in [0.15, 0.2) is 42.5 Å². The van der Waals surface area contributed by atoms with Crippen molar-refractivity contribution in [3.8, 4) is 5.75 Å². The van der Waals surface area contributed by atoms with Crippen LogP contribution < -0.4 is 15.0 Å². The molecule has 1 amide bonds. The molecule has 1 unspecified atom stereocenters. The van der Waals surface area contributed by atoms with E-state index < -0.39 is 0 Å². The van der Waals surface area contributed by atoms with Gasteiger partial charge in [-0.15, -0.1) is 0 Å². The van der Waals surface area contributed by atoms with E-state index in [2.05, 4.69) is 40.2 Å². The SMILES string of the molecule is Cc1cc(N2CCC3(CCCN3C3CCCCC3)C2)ccc1NC(=O)c1ccc(OCC2CC2)cc1. The van der Waals surface area contributed by atoms with Gasteiger partial charge in [-0.1, -0.05) is 19.3 Å². The summed E-state index contributed by atoms with van der Waals surface area (Å²) in [6, 6.07) is 14.8. The molecule has 1 atom stereocenters. The van der Waals surface area contributed by atoms with Crippen molar-refractivity contribution in [1.82, 2.24) is 4.90 Å². The zero-order chi connectivity index (χ0) is 24.5. The Hall–Kier alpha value is -2.53. The summed E-state index contributed by atoms with van der Waals surface area (Å²) in [6.45, 7) is 6.45. The molecule has 2 aromatic rings. The van der Waals surface area contributed by atoms with E-state index in [1.54, 1.807) is 0 Å². The number of carbonyl (C=O) groups excluding carboxylic acids is 1. The zero-order valence-electron chi connectivity index (χ0n) is 21.8. The summed E-state index contributed by atoms with van der Waals surface area (Å²) in [7, 11) is 0. The number of benzene rings is 2. The third-order valence-electron chi connectivity index (χ3n) is 9.12. The number of rotatable bonds is 7. The van der Waals surface area contributed by atoms with E-state index in [0.29, 0.717) is 11.1 Å². The monoisotopic (exact) mass is 487 g/mol. The lowest BCUT2D eigenvalue weighted by Crippen LogP contribution is -2.51. The Bertz CT molecular complexity index is 1070. The van der Waals surface area contributed by atoms with Crippen molar-refractivity contribution < 1.29 is 9.53 Å². The number of anilines is 2. The molecule has 2 saturated carbocycles. The topological polar surface area (TPSA) is 44.8 Å². The largest absolute Gasteiger partial charge is 0.493 e. The van der Waals surface area contributed by atoms with Crippen LogP contribution >= 0.6 is 0 Å². The second-order valence-corrected chi connectivity index (χ2v) is 11.7. The van der Waals surface area contributed by atoms with E-state index >= 15 is 0 Å². The highest BCUT2D eigenvalue weighted by molar-refractivity contribution is 6.04. The molecular formula is C31H41N3O2. The Morgan fingerprint density at radius 1 is 0.972 bits per heavy atom. The van der Waals surface area contributed by atoms with E-state index in [9.17, 15) is 4.79 Å². The predicted molar refractivity (Wildman–Crippen MR) is 146 cm³/mol. The van der Waals surface area contributed by atoms with Crippen LogP contribution in [-0.2, 0) is 0 Å². The molecule has 2 saturated heterocycles. The van der Waals surface area contributed by atoms with E-state index in [1.807, 2.05) is 24.3 Å². The Balaban J connectivity index is 1.08. The molecule has 5 nitrogen and oxygen atoms in total. The van der Waals surface area contributed by atoms with Gasteiger partial charge in [-0.2, -0.15) is 0 Å². The molecule has 36 heavy (non-hydrogen) atoms. The molecule has 0 radical (unpaired) electrons. The fourth-order valence-electron chi connectivity index (χ4n) is 6.82. The summed E-state index contributed by atoms with van der Waals surface area (Å²) < 4.78 is 5.80. The summed E-state index contributed by atoms with van der Waals surface area (Å²) in [6.07, 6.45) is 13.5. The number of ether oxygens (including phenoxy) is 1. The second kappa shape index (κ2) is 10.1. The first-order chi connectivity index (χ1) is 17.6. The summed E-state index contributed by atoms with van der Waals surface area (Å²) in [5.41, 5.74) is 4.31. The number of nitrogens with zero attached hydrogens (tertiary/aromatic N) is 2. The summed E-state index contributed by atoms with van der Waals surface area (Å²) in [4.78, 5) is 18.4. The molecule has 0 bridgehead atoms. The molecule has 0 aromatic heterocycles. The highest BCUT2D eigenvalue weighted by atomic mass is 16.5. The third kappa shape index (κ3) is 5.00. The average Bonchev–Trinajstić information content (AvgIpc) is 3.51.